The number of sulfonamides is 1. The van der Waals surface area contributed by atoms with Gasteiger partial charge >= 0.3 is 0 Å². The molecule has 4 heterocycles. The van der Waals surface area contributed by atoms with Crippen molar-refractivity contribution in [2.24, 2.45) is 11.3 Å². The van der Waals surface area contributed by atoms with Crippen LogP contribution in [-0.2, 0) is 10.0 Å². The summed E-state index contributed by atoms with van der Waals surface area (Å²) in [6.07, 6.45) is 4.00. The van der Waals surface area contributed by atoms with E-state index in [1.54, 1.807) is 24.5 Å². The van der Waals surface area contributed by atoms with E-state index >= 15 is 0 Å². The Balaban J connectivity index is 1.73. The third-order valence-electron chi connectivity index (χ3n) is 6.84. The average Bonchev–Trinajstić information content (AvgIpc) is 3.13. The van der Waals surface area contributed by atoms with Gasteiger partial charge in [0.05, 0.1) is 30.3 Å². The zero-order valence-corrected chi connectivity index (χ0v) is 23.9. The molecule has 1 unspecified atom stereocenters. The maximum atomic E-state index is 13.4. The molecule has 0 aromatic carbocycles. The summed E-state index contributed by atoms with van der Waals surface area (Å²) in [6.45, 7) is 13.6. The van der Waals surface area contributed by atoms with E-state index < -0.39 is 15.9 Å². The fourth-order valence-corrected chi connectivity index (χ4v) is 5.17. The number of hydrogen-bond donors (Lipinski definition) is 2. The van der Waals surface area contributed by atoms with Gasteiger partial charge in [-0.2, -0.15) is 8.42 Å². The molecule has 1 atom stereocenters. The van der Waals surface area contributed by atoms with Crippen molar-refractivity contribution in [3.63, 3.8) is 0 Å². The summed E-state index contributed by atoms with van der Waals surface area (Å²) in [5, 5.41) is -0.348. The number of nitrogen functional groups attached to an aromatic ring is 1. The third kappa shape index (κ3) is 6.27. The SMILES string of the molecule is CC1CCN(c2nc(-c3cncc(OCC(C)(C)C)n3)ccc2C(=O)NS(=O)(=O)c2cccc(N)n2)C1(C)C. The first-order valence-electron chi connectivity index (χ1n) is 12.7. The average molecular weight is 554 g/mol. The second-order valence-corrected chi connectivity index (χ2v) is 13.1. The minimum atomic E-state index is -4.27. The van der Waals surface area contributed by atoms with Crippen LogP contribution in [0.1, 0.15) is 58.3 Å². The molecule has 1 aliphatic heterocycles. The highest BCUT2D eigenvalue weighted by Gasteiger charge is 2.41. The number of carbonyl (C=O) groups is 1. The number of pyridine rings is 2. The number of hydrogen-bond acceptors (Lipinski definition) is 10. The van der Waals surface area contributed by atoms with Crippen molar-refractivity contribution in [1.82, 2.24) is 24.7 Å². The van der Waals surface area contributed by atoms with Gasteiger partial charge in [-0.05, 0) is 55.9 Å². The lowest BCUT2D eigenvalue weighted by Gasteiger charge is -2.36. The first kappa shape index (κ1) is 28.2. The number of aromatic nitrogens is 4. The number of rotatable bonds is 7. The predicted octanol–water partition coefficient (Wildman–Crippen LogP) is 3.68. The van der Waals surface area contributed by atoms with Gasteiger partial charge in [0.2, 0.25) is 5.88 Å². The molecule has 1 fully saturated rings. The summed E-state index contributed by atoms with van der Waals surface area (Å²) in [6, 6.07) is 7.36. The van der Waals surface area contributed by atoms with E-state index in [0.29, 0.717) is 42.2 Å². The molecule has 0 saturated carbocycles. The number of nitrogens with two attached hydrogens (primary N) is 1. The van der Waals surface area contributed by atoms with E-state index in [0.717, 1.165) is 6.42 Å². The van der Waals surface area contributed by atoms with Gasteiger partial charge in [0.15, 0.2) is 5.03 Å². The van der Waals surface area contributed by atoms with E-state index in [4.69, 9.17) is 15.5 Å². The fourth-order valence-electron chi connectivity index (χ4n) is 4.22. The number of ether oxygens (including phenoxy) is 1. The molecular formula is C27H35N7O4S. The third-order valence-corrected chi connectivity index (χ3v) is 8.07. The van der Waals surface area contributed by atoms with Crippen LogP contribution in [0.5, 0.6) is 5.88 Å². The van der Waals surface area contributed by atoms with Crippen LogP contribution in [0, 0.1) is 11.3 Å². The number of carbonyl (C=O) groups excluding carboxylic acids is 1. The van der Waals surface area contributed by atoms with E-state index in [1.165, 1.54) is 18.2 Å². The predicted molar refractivity (Wildman–Crippen MR) is 149 cm³/mol. The van der Waals surface area contributed by atoms with E-state index in [9.17, 15) is 13.2 Å². The van der Waals surface area contributed by atoms with Gasteiger partial charge < -0.3 is 15.4 Å². The van der Waals surface area contributed by atoms with Crippen molar-refractivity contribution >= 4 is 27.6 Å². The van der Waals surface area contributed by atoms with Gasteiger partial charge in [-0.25, -0.2) is 19.7 Å². The molecular weight excluding hydrogens is 518 g/mol. The highest BCUT2D eigenvalue weighted by atomic mass is 32.2. The monoisotopic (exact) mass is 553 g/mol. The van der Waals surface area contributed by atoms with E-state index in [-0.39, 0.29) is 27.4 Å². The normalized spacial score (nSPS) is 17.2. The van der Waals surface area contributed by atoms with Crippen LogP contribution >= 0.6 is 0 Å². The zero-order chi connectivity index (χ0) is 28.6. The Hall–Kier alpha value is -3.80. The topological polar surface area (TPSA) is 153 Å². The van der Waals surface area contributed by atoms with Crippen molar-refractivity contribution in [3.8, 4) is 17.3 Å². The van der Waals surface area contributed by atoms with Gasteiger partial charge in [0, 0.05) is 12.1 Å². The highest BCUT2D eigenvalue weighted by molar-refractivity contribution is 7.90. The summed E-state index contributed by atoms with van der Waals surface area (Å²) >= 11 is 0. The zero-order valence-electron chi connectivity index (χ0n) is 23.1. The number of amides is 1. The molecule has 39 heavy (non-hydrogen) atoms. The van der Waals surface area contributed by atoms with Gasteiger partial charge in [0.25, 0.3) is 15.9 Å². The van der Waals surface area contributed by atoms with Crippen LogP contribution in [0.4, 0.5) is 11.6 Å². The molecule has 3 N–H and O–H groups in total. The Bertz CT molecular complexity index is 1490. The Labute approximate surface area is 229 Å². The smallest absolute Gasteiger partial charge is 0.281 e. The fraction of sp³-hybridized carbons (Fsp3) is 0.444. The molecule has 12 heteroatoms. The lowest BCUT2D eigenvalue weighted by molar-refractivity contribution is 0.0981. The first-order valence-corrected chi connectivity index (χ1v) is 14.2. The van der Waals surface area contributed by atoms with E-state index in [1.807, 2.05) is 4.90 Å². The molecule has 3 aromatic heterocycles. The lowest BCUT2D eigenvalue weighted by atomic mass is 9.90. The second-order valence-electron chi connectivity index (χ2n) is 11.5. The summed E-state index contributed by atoms with van der Waals surface area (Å²) in [5.41, 5.74) is 6.31. The second kappa shape index (κ2) is 10.4. The molecule has 1 amide bonds. The minimum absolute atomic E-state index is 0.0275. The van der Waals surface area contributed by atoms with Crippen LogP contribution in [-0.4, -0.2) is 53.0 Å². The first-order chi connectivity index (χ1) is 18.2. The highest BCUT2D eigenvalue weighted by Crippen LogP contribution is 2.39. The summed E-state index contributed by atoms with van der Waals surface area (Å²) in [4.78, 5) is 32.9. The Morgan fingerprint density at radius 1 is 1.13 bits per heavy atom. The number of nitrogens with one attached hydrogen (secondary N) is 1. The molecule has 208 valence electrons. The molecule has 0 bridgehead atoms. The van der Waals surface area contributed by atoms with Gasteiger partial charge in [-0.15, -0.1) is 0 Å². The van der Waals surface area contributed by atoms with Crippen molar-refractivity contribution in [2.45, 2.75) is 58.5 Å². The van der Waals surface area contributed by atoms with Crippen molar-refractivity contribution in [2.75, 3.05) is 23.8 Å². The van der Waals surface area contributed by atoms with Gasteiger partial charge in [-0.1, -0.05) is 33.8 Å². The molecule has 0 aliphatic carbocycles. The minimum Gasteiger partial charge on any atom is -0.476 e. The molecule has 3 aromatic rings. The quantitative estimate of drug-likeness (QED) is 0.443. The standard InChI is InChI=1S/C27H35N7O4S/c1-17-12-13-34(27(17,5)6)24-18(25(35)33-39(36,37)23-9-7-8-21(28)32-23)10-11-19(31-24)20-14-29-15-22(30-20)38-16-26(2,3)4/h7-11,14-15,17H,12-13,16H2,1-6H3,(H2,28,32)(H,33,35). The Morgan fingerprint density at radius 3 is 2.51 bits per heavy atom. The van der Waals surface area contributed by atoms with Crippen molar-refractivity contribution in [3.05, 3.63) is 48.3 Å². The molecule has 4 rings (SSSR count). The maximum absolute atomic E-state index is 13.4. The van der Waals surface area contributed by atoms with Crippen molar-refractivity contribution in [1.29, 1.82) is 0 Å². The molecule has 0 radical (unpaired) electrons. The van der Waals surface area contributed by atoms with Crippen LogP contribution < -0.4 is 20.1 Å². The summed E-state index contributed by atoms with van der Waals surface area (Å²) in [7, 11) is -4.27. The van der Waals surface area contributed by atoms with Crippen LogP contribution in [0.3, 0.4) is 0 Å². The Kier molecular flexibility index (Phi) is 7.53. The lowest BCUT2D eigenvalue weighted by Crippen LogP contribution is -2.43. The molecule has 11 nitrogen and oxygen atoms in total. The van der Waals surface area contributed by atoms with E-state index in [2.05, 4.69) is 61.2 Å². The van der Waals surface area contributed by atoms with Crippen molar-refractivity contribution < 1.29 is 17.9 Å². The van der Waals surface area contributed by atoms with Gasteiger partial charge in [-0.3, -0.25) is 9.78 Å². The van der Waals surface area contributed by atoms with Crippen LogP contribution in [0.2, 0.25) is 0 Å². The molecule has 1 saturated heterocycles. The summed E-state index contributed by atoms with van der Waals surface area (Å²) < 4.78 is 33.8. The molecule has 0 spiro atoms. The number of anilines is 2. The molecule has 1 aliphatic rings. The Morgan fingerprint density at radius 2 is 1.87 bits per heavy atom. The summed E-state index contributed by atoms with van der Waals surface area (Å²) in [5.74, 6) is 0.242. The largest absolute Gasteiger partial charge is 0.476 e. The van der Waals surface area contributed by atoms with Gasteiger partial charge in [0.1, 0.15) is 17.3 Å². The van der Waals surface area contributed by atoms with Crippen LogP contribution in [0.15, 0.2) is 47.8 Å². The number of nitrogens with zero attached hydrogens (tertiary/aromatic N) is 5. The maximum Gasteiger partial charge on any atom is 0.281 e. The van der Waals surface area contributed by atoms with Crippen LogP contribution in [0.25, 0.3) is 11.4 Å².